The number of hydrogen-bond donors (Lipinski definition) is 3. The maximum atomic E-state index is 11.9. The van der Waals surface area contributed by atoms with Gasteiger partial charge in [-0.2, -0.15) is 0 Å². The van der Waals surface area contributed by atoms with Crippen molar-refractivity contribution in [2.75, 3.05) is 23.0 Å². The molecule has 25 heavy (non-hydrogen) atoms. The molecule has 1 heterocycles. The zero-order valence-corrected chi connectivity index (χ0v) is 15.4. The quantitative estimate of drug-likeness (QED) is 0.702. The Kier molecular flexibility index (Phi) is 5.63. The Balaban J connectivity index is 2.19. The van der Waals surface area contributed by atoms with E-state index in [1.165, 1.54) is 18.0 Å². The lowest BCUT2D eigenvalue weighted by Gasteiger charge is -2.20. The fraction of sp³-hybridized carbons (Fsp3) is 0.294. The molecular weight excluding hydrogens is 340 g/mol. The number of ether oxygens (including phenoxy) is 2. The molecule has 8 heteroatoms. The lowest BCUT2D eigenvalue weighted by molar-refractivity contribution is 0.0636. The Morgan fingerprint density at radius 2 is 1.92 bits per heavy atom. The van der Waals surface area contributed by atoms with Gasteiger partial charge in [-0.25, -0.2) is 9.78 Å². The predicted molar refractivity (Wildman–Crippen MR) is 101 cm³/mol. The van der Waals surface area contributed by atoms with Crippen LogP contribution in [-0.4, -0.2) is 22.9 Å². The van der Waals surface area contributed by atoms with E-state index in [1.807, 2.05) is 27.0 Å². The molecule has 0 aliphatic carbocycles. The first kappa shape index (κ1) is 18.7. The van der Waals surface area contributed by atoms with Crippen LogP contribution in [0, 0.1) is 0 Å². The van der Waals surface area contributed by atoms with Gasteiger partial charge in [0.15, 0.2) is 5.75 Å². The van der Waals surface area contributed by atoms with Gasteiger partial charge in [0.25, 0.3) is 0 Å². The Labute approximate surface area is 151 Å². The summed E-state index contributed by atoms with van der Waals surface area (Å²) in [6.45, 7) is 5.42. The number of nitrogens with one attached hydrogen (secondary N) is 1. The van der Waals surface area contributed by atoms with Crippen molar-refractivity contribution in [1.29, 1.82) is 0 Å². The van der Waals surface area contributed by atoms with E-state index in [4.69, 9.17) is 20.9 Å². The van der Waals surface area contributed by atoms with E-state index in [-0.39, 0.29) is 11.5 Å². The minimum atomic E-state index is -0.561. The Bertz CT molecular complexity index is 775. The van der Waals surface area contributed by atoms with Gasteiger partial charge in [0.05, 0.1) is 4.90 Å². The van der Waals surface area contributed by atoms with Crippen molar-refractivity contribution in [2.24, 2.45) is 0 Å². The van der Waals surface area contributed by atoms with Crippen LogP contribution in [0.15, 0.2) is 35.4 Å². The van der Waals surface area contributed by atoms with Crippen LogP contribution < -0.4 is 21.5 Å². The smallest absolute Gasteiger partial charge is 0.412 e. The second-order valence-electron chi connectivity index (χ2n) is 6.20. The number of nitrogens with two attached hydrogens (primary N) is 2. The number of carbonyl (C=O) groups excluding carboxylic acids is 1. The van der Waals surface area contributed by atoms with Gasteiger partial charge in [0.2, 0.25) is 0 Å². The SMILES string of the molecule is CSc1cc(NC(=O)OC(C)(C)C)ccc1Oc1ccnc(N)c1N. The van der Waals surface area contributed by atoms with E-state index in [0.29, 0.717) is 17.2 Å². The number of nitrogen functional groups attached to an aromatic ring is 2. The highest BCUT2D eigenvalue weighted by Gasteiger charge is 2.17. The number of amides is 1. The molecular formula is C17H22N4O3S. The third-order valence-corrected chi connectivity index (χ3v) is 3.77. The number of carbonyl (C=O) groups is 1. The van der Waals surface area contributed by atoms with Crippen molar-refractivity contribution in [3.05, 3.63) is 30.5 Å². The van der Waals surface area contributed by atoms with E-state index in [2.05, 4.69) is 10.3 Å². The average Bonchev–Trinajstić information content (AvgIpc) is 2.51. The van der Waals surface area contributed by atoms with Crippen LogP contribution in [0.4, 0.5) is 22.0 Å². The van der Waals surface area contributed by atoms with Gasteiger partial charge >= 0.3 is 6.09 Å². The second kappa shape index (κ2) is 7.52. The van der Waals surface area contributed by atoms with Crippen molar-refractivity contribution in [3.8, 4) is 11.5 Å². The predicted octanol–water partition coefficient (Wildman–Crippen LogP) is 4.11. The van der Waals surface area contributed by atoms with Crippen molar-refractivity contribution >= 4 is 35.0 Å². The molecule has 1 aromatic heterocycles. The van der Waals surface area contributed by atoms with Crippen molar-refractivity contribution in [1.82, 2.24) is 4.98 Å². The standard InChI is InChI=1S/C17H22N4O3S/c1-17(2,3)24-16(22)21-10-5-6-11(13(9-10)25-4)23-12-7-8-20-15(19)14(12)18/h5-9H,18H2,1-4H3,(H2,19,20)(H,21,22). The van der Waals surface area contributed by atoms with Gasteiger partial charge in [0.1, 0.15) is 22.9 Å². The fourth-order valence-electron chi connectivity index (χ4n) is 1.93. The van der Waals surface area contributed by atoms with E-state index < -0.39 is 11.7 Å². The number of nitrogens with zero attached hydrogens (tertiary/aromatic N) is 1. The van der Waals surface area contributed by atoms with E-state index in [9.17, 15) is 4.79 Å². The molecule has 0 spiro atoms. The molecule has 0 aliphatic heterocycles. The largest absolute Gasteiger partial charge is 0.454 e. The second-order valence-corrected chi connectivity index (χ2v) is 7.05. The Morgan fingerprint density at radius 3 is 2.56 bits per heavy atom. The molecule has 1 aromatic carbocycles. The molecule has 0 saturated heterocycles. The zero-order valence-electron chi connectivity index (χ0n) is 14.6. The summed E-state index contributed by atoms with van der Waals surface area (Å²) in [7, 11) is 0. The Morgan fingerprint density at radius 1 is 1.20 bits per heavy atom. The third kappa shape index (κ3) is 5.18. The molecule has 2 aromatic rings. The topological polar surface area (TPSA) is 112 Å². The monoisotopic (exact) mass is 362 g/mol. The summed E-state index contributed by atoms with van der Waals surface area (Å²) in [5, 5.41) is 2.70. The zero-order chi connectivity index (χ0) is 18.6. The van der Waals surface area contributed by atoms with Crippen molar-refractivity contribution < 1.29 is 14.3 Å². The molecule has 7 nitrogen and oxygen atoms in total. The summed E-state index contributed by atoms with van der Waals surface area (Å²) in [4.78, 5) is 16.6. The lowest BCUT2D eigenvalue weighted by atomic mass is 10.2. The highest BCUT2D eigenvalue weighted by Crippen LogP contribution is 2.36. The number of anilines is 3. The molecule has 0 fully saturated rings. The molecule has 0 unspecified atom stereocenters. The van der Waals surface area contributed by atoms with Crippen LogP contribution in [0.3, 0.4) is 0 Å². The molecule has 0 aliphatic rings. The lowest BCUT2D eigenvalue weighted by Crippen LogP contribution is -2.27. The molecule has 0 radical (unpaired) electrons. The molecule has 5 N–H and O–H groups in total. The highest BCUT2D eigenvalue weighted by atomic mass is 32.2. The number of benzene rings is 1. The van der Waals surface area contributed by atoms with Gasteiger partial charge in [-0.1, -0.05) is 0 Å². The summed E-state index contributed by atoms with van der Waals surface area (Å²) in [6.07, 6.45) is 2.92. The van der Waals surface area contributed by atoms with Crippen LogP contribution in [0.2, 0.25) is 0 Å². The van der Waals surface area contributed by atoms with Crippen LogP contribution in [0.25, 0.3) is 0 Å². The number of rotatable bonds is 4. The van der Waals surface area contributed by atoms with E-state index >= 15 is 0 Å². The number of thioether (sulfide) groups is 1. The first-order chi connectivity index (χ1) is 11.7. The summed E-state index contributed by atoms with van der Waals surface area (Å²) in [5.41, 5.74) is 11.9. The maximum absolute atomic E-state index is 11.9. The normalized spacial score (nSPS) is 11.0. The van der Waals surface area contributed by atoms with Crippen LogP contribution >= 0.6 is 11.8 Å². The third-order valence-electron chi connectivity index (χ3n) is 3.01. The highest BCUT2D eigenvalue weighted by molar-refractivity contribution is 7.98. The molecule has 0 atom stereocenters. The summed E-state index contributed by atoms with van der Waals surface area (Å²) >= 11 is 1.47. The number of pyridine rings is 1. The van der Waals surface area contributed by atoms with Gasteiger partial charge < -0.3 is 20.9 Å². The molecule has 2 rings (SSSR count). The van der Waals surface area contributed by atoms with Crippen molar-refractivity contribution in [2.45, 2.75) is 31.3 Å². The summed E-state index contributed by atoms with van der Waals surface area (Å²) in [5.74, 6) is 1.24. The molecule has 1 amide bonds. The minimum absolute atomic E-state index is 0.214. The molecule has 0 saturated carbocycles. The number of hydrogen-bond acceptors (Lipinski definition) is 7. The van der Waals surface area contributed by atoms with Crippen LogP contribution in [0.1, 0.15) is 20.8 Å². The molecule has 0 bridgehead atoms. The number of aromatic nitrogens is 1. The summed E-state index contributed by atoms with van der Waals surface area (Å²) in [6, 6.07) is 6.90. The van der Waals surface area contributed by atoms with Crippen LogP contribution in [-0.2, 0) is 4.74 Å². The maximum Gasteiger partial charge on any atom is 0.412 e. The first-order valence-electron chi connectivity index (χ1n) is 7.55. The van der Waals surface area contributed by atoms with Gasteiger partial charge in [-0.3, -0.25) is 5.32 Å². The van der Waals surface area contributed by atoms with Crippen LogP contribution in [0.5, 0.6) is 11.5 Å². The van der Waals surface area contributed by atoms with E-state index in [0.717, 1.165) is 4.90 Å². The van der Waals surface area contributed by atoms with Gasteiger partial charge in [-0.15, -0.1) is 11.8 Å². The minimum Gasteiger partial charge on any atom is -0.454 e. The Hall–Kier alpha value is -2.61. The van der Waals surface area contributed by atoms with E-state index in [1.54, 1.807) is 24.3 Å². The fourth-order valence-corrected chi connectivity index (χ4v) is 2.49. The van der Waals surface area contributed by atoms with Crippen molar-refractivity contribution in [3.63, 3.8) is 0 Å². The summed E-state index contributed by atoms with van der Waals surface area (Å²) < 4.78 is 11.1. The van der Waals surface area contributed by atoms with Gasteiger partial charge in [0, 0.05) is 18.0 Å². The molecule has 134 valence electrons. The average molecular weight is 362 g/mol. The van der Waals surface area contributed by atoms with Gasteiger partial charge in [-0.05, 0) is 45.2 Å². The first-order valence-corrected chi connectivity index (χ1v) is 8.78.